The maximum absolute atomic E-state index is 11.3. The van der Waals surface area contributed by atoms with Gasteiger partial charge in [0.2, 0.25) is 0 Å². The second-order valence-electron chi connectivity index (χ2n) is 4.17. The number of aliphatic carboxylic acids is 1. The number of hydrogen-bond acceptors (Lipinski definition) is 3. The number of carboxylic acid groups (broad SMARTS) is 1. The average Bonchev–Trinajstić information content (AvgIpc) is 2.28. The van der Waals surface area contributed by atoms with Crippen LogP contribution in [0, 0.1) is 0 Å². The third-order valence-electron chi connectivity index (χ3n) is 3.34. The van der Waals surface area contributed by atoms with Gasteiger partial charge in [-0.15, -0.1) is 0 Å². The Morgan fingerprint density at radius 3 is 2.94 bits per heavy atom. The van der Waals surface area contributed by atoms with Gasteiger partial charge in [0.25, 0.3) is 0 Å². The molecule has 0 saturated heterocycles. The number of carbonyl (C=O) groups is 1. The van der Waals surface area contributed by atoms with Crippen LogP contribution >= 0.6 is 0 Å². The summed E-state index contributed by atoms with van der Waals surface area (Å²) < 4.78 is 0. The lowest BCUT2D eigenvalue weighted by molar-refractivity contribution is -0.142. The predicted octanol–water partition coefficient (Wildman–Crippen LogP) is 1.98. The topological polar surface area (TPSA) is 69.6 Å². The van der Waals surface area contributed by atoms with E-state index in [1.54, 1.807) is 12.1 Å². The van der Waals surface area contributed by atoms with Crippen molar-refractivity contribution in [1.82, 2.24) is 0 Å². The summed E-state index contributed by atoms with van der Waals surface area (Å²) in [7, 11) is 0. The molecular weight excluding hydrogens is 206 g/mol. The highest BCUT2D eigenvalue weighted by molar-refractivity contribution is 5.84. The summed E-state index contributed by atoms with van der Waals surface area (Å²) in [6, 6.07) is 5.15. The minimum absolute atomic E-state index is 0.236. The Morgan fingerprint density at radius 1 is 1.56 bits per heavy atom. The maximum Gasteiger partial charge on any atom is 0.329 e. The molecule has 0 bridgehead atoms. The third-order valence-corrected chi connectivity index (χ3v) is 3.34. The van der Waals surface area contributed by atoms with Crippen LogP contribution in [0.2, 0.25) is 0 Å². The molecule has 0 spiro atoms. The third kappa shape index (κ3) is 1.50. The summed E-state index contributed by atoms with van der Waals surface area (Å²) in [5.41, 5.74) is 0.657. The fourth-order valence-electron chi connectivity index (χ4n) is 2.19. The Balaban J connectivity index is 2.40. The summed E-state index contributed by atoms with van der Waals surface area (Å²) in [5.74, 6) is -0.593. The molecule has 1 unspecified atom stereocenters. The molecule has 1 aromatic carbocycles. The van der Waals surface area contributed by atoms with E-state index in [0.717, 1.165) is 11.3 Å². The highest BCUT2D eigenvalue weighted by Crippen LogP contribution is 2.37. The lowest BCUT2D eigenvalue weighted by Crippen LogP contribution is -2.48. The van der Waals surface area contributed by atoms with Gasteiger partial charge in [0.1, 0.15) is 11.3 Å². The molecule has 1 heterocycles. The summed E-state index contributed by atoms with van der Waals surface area (Å²) in [4.78, 5) is 11.3. The number of aromatic hydroxyl groups is 1. The molecule has 0 saturated carbocycles. The minimum atomic E-state index is -0.888. The Bertz CT molecular complexity index is 430. The fraction of sp³-hybridized carbons (Fsp3) is 0.417. The smallest absolute Gasteiger partial charge is 0.329 e. The Kier molecular flexibility index (Phi) is 2.50. The predicted molar refractivity (Wildman–Crippen MR) is 60.7 cm³/mol. The number of carboxylic acids is 1. The molecular formula is C12H15NO3. The first-order valence-corrected chi connectivity index (χ1v) is 5.41. The number of anilines is 1. The fourth-order valence-corrected chi connectivity index (χ4v) is 2.19. The quantitative estimate of drug-likeness (QED) is 0.714. The number of benzene rings is 1. The van der Waals surface area contributed by atoms with Crippen molar-refractivity contribution in [2.24, 2.45) is 0 Å². The van der Waals surface area contributed by atoms with Crippen LogP contribution in [0.1, 0.15) is 25.3 Å². The molecule has 0 fully saturated rings. The van der Waals surface area contributed by atoms with Crippen LogP contribution in [0.3, 0.4) is 0 Å². The minimum Gasteiger partial charge on any atom is -0.508 e. The van der Waals surface area contributed by atoms with E-state index >= 15 is 0 Å². The first kappa shape index (κ1) is 10.8. The van der Waals surface area contributed by atoms with Gasteiger partial charge in [-0.05, 0) is 31.4 Å². The summed E-state index contributed by atoms with van der Waals surface area (Å²) in [6.45, 7) is 1.86. The number of hydrogen-bond donors (Lipinski definition) is 3. The Labute approximate surface area is 93.9 Å². The number of phenolic OH excluding ortho intramolecular Hbond substituents is 1. The highest BCUT2D eigenvalue weighted by atomic mass is 16.4. The van der Waals surface area contributed by atoms with Crippen molar-refractivity contribution in [2.45, 2.75) is 31.7 Å². The first-order chi connectivity index (χ1) is 7.59. The SMILES string of the molecule is CCC1(C(=O)O)CCc2c(O)cccc2N1. The van der Waals surface area contributed by atoms with Gasteiger partial charge in [-0.2, -0.15) is 0 Å². The van der Waals surface area contributed by atoms with Crippen molar-refractivity contribution < 1.29 is 15.0 Å². The van der Waals surface area contributed by atoms with Crippen LogP contribution in [-0.2, 0) is 11.2 Å². The van der Waals surface area contributed by atoms with Gasteiger partial charge in [-0.25, -0.2) is 4.79 Å². The van der Waals surface area contributed by atoms with E-state index in [1.165, 1.54) is 0 Å². The van der Waals surface area contributed by atoms with Gasteiger partial charge in [0.15, 0.2) is 0 Å². The van der Waals surface area contributed by atoms with Gasteiger partial charge in [-0.3, -0.25) is 0 Å². The molecule has 3 N–H and O–H groups in total. The molecule has 1 atom stereocenters. The van der Waals surface area contributed by atoms with E-state index in [0.29, 0.717) is 19.3 Å². The number of fused-ring (bicyclic) bond motifs is 1. The largest absolute Gasteiger partial charge is 0.508 e. The summed E-state index contributed by atoms with van der Waals surface area (Å²) in [6.07, 6.45) is 1.62. The molecule has 1 aromatic rings. The molecule has 0 amide bonds. The second kappa shape index (κ2) is 3.70. The molecule has 0 radical (unpaired) electrons. The Hall–Kier alpha value is -1.71. The van der Waals surface area contributed by atoms with Crippen molar-refractivity contribution in [3.8, 4) is 5.75 Å². The van der Waals surface area contributed by atoms with Gasteiger partial charge < -0.3 is 15.5 Å². The van der Waals surface area contributed by atoms with Crippen LogP contribution in [0.25, 0.3) is 0 Å². The van der Waals surface area contributed by atoms with Crippen LogP contribution in [0.4, 0.5) is 5.69 Å². The monoisotopic (exact) mass is 221 g/mol. The maximum atomic E-state index is 11.3. The molecule has 4 heteroatoms. The van der Waals surface area contributed by atoms with Gasteiger partial charge >= 0.3 is 5.97 Å². The molecule has 1 aliphatic heterocycles. The van der Waals surface area contributed by atoms with Crippen molar-refractivity contribution in [3.05, 3.63) is 23.8 Å². The zero-order chi connectivity index (χ0) is 11.8. The van der Waals surface area contributed by atoms with Crippen LogP contribution in [0.15, 0.2) is 18.2 Å². The highest BCUT2D eigenvalue weighted by Gasteiger charge is 2.39. The zero-order valence-electron chi connectivity index (χ0n) is 9.16. The van der Waals surface area contributed by atoms with Crippen molar-refractivity contribution in [2.75, 3.05) is 5.32 Å². The summed E-state index contributed by atoms with van der Waals surface area (Å²) in [5, 5.41) is 21.9. The van der Waals surface area contributed by atoms with E-state index in [9.17, 15) is 15.0 Å². The van der Waals surface area contributed by atoms with E-state index in [4.69, 9.17) is 0 Å². The van der Waals surface area contributed by atoms with E-state index in [-0.39, 0.29) is 5.75 Å². The molecule has 0 aromatic heterocycles. The average molecular weight is 221 g/mol. The first-order valence-electron chi connectivity index (χ1n) is 5.41. The van der Waals surface area contributed by atoms with Gasteiger partial charge in [0.05, 0.1) is 0 Å². The molecule has 2 rings (SSSR count). The molecule has 0 aliphatic carbocycles. The molecule has 16 heavy (non-hydrogen) atoms. The summed E-state index contributed by atoms with van der Waals surface area (Å²) >= 11 is 0. The Morgan fingerprint density at radius 2 is 2.31 bits per heavy atom. The number of phenols is 1. The van der Waals surface area contributed by atoms with Crippen LogP contribution in [0.5, 0.6) is 5.75 Å². The lowest BCUT2D eigenvalue weighted by Gasteiger charge is -2.35. The van der Waals surface area contributed by atoms with E-state index < -0.39 is 11.5 Å². The lowest BCUT2D eigenvalue weighted by atomic mass is 9.84. The van der Waals surface area contributed by atoms with E-state index in [2.05, 4.69) is 5.32 Å². The van der Waals surface area contributed by atoms with Gasteiger partial charge in [0, 0.05) is 11.3 Å². The van der Waals surface area contributed by atoms with Gasteiger partial charge in [-0.1, -0.05) is 13.0 Å². The van der Waals surface area contributed by atoms with Crippen molar-refractivity contribution >= 4 is 11.7 Å². The zero-order valence-corrected chi connectivity index (χ0v) is 9.16. The van der Waals surface area contributed by atoms with Crippen molar-refractivity contribution in [3.63, 3.8) is 0 Å². The second-order valence-corrected chi connectivity index (χ2v) is 4.17. The molecule has 86 valence electrons. The van der Waals surface area contributed by atoms with Crippen LogP contribution in [-0.4, -0.2) is 21.7 Å². The van der Waals surface area contributed by atoms with E-state index in [1.807, 2.05) is 13.0 Å². The molecule has 4 nitrogen and oxygen atoms in total. The normalized spacial score (nSPS) is 23.3. The molecule has 1 aliphatic rings. The standard InChI is InChI=1S/C12H15NO3/c1-2-12(11(15)16)7-6-8-9(13-12)4-3-5-10(8)14/h3-5,13-14H,2,6-7H2,1H3,(H,15,16). The number of nitrogens with one attached hydrogen (secondary N) is 1. The van der Waals surface area contributed by atoms with Crippen molar-refractivity contribution in [1.29, 1.82) is 0 Å². The van der Waals surface area contributed by atoms with Crippen LogP contribution < -0.4 is 5.32 Å². The number of rotatable bonds is 2.